The van der Waals surface area contributed by atoms with Gasteiger partial charge in [0.15, 0.2) is 0 Å². The quantitative estimate of drug-likeness (QED) is 0.331. The van der Waals surface area contributed by atoms with Crippen molar-refractivity contribution in [1.29, 1.82) is 0 Å². The molecular weight excluding hydrogens is 404 g/mol. The smallest absolute Gasteiger partial charge is 0.281 e. The largest absolute Gasteiger partial charge is 0.281 e. The fourth-order valence-corrected chi connectivity index (χ4v) is 3.23. The average Bonchev–Trinajstić information content (AvgIpc) is 2.88. The van der Waals surface area contributed by atoms with Gasteiger partial charge < -0.3 is 0 Å². The van der Waals surface area contributed by atoms with Gasteiger partial charge in [0.05, 0.1) is 11.4 Å². The number of carbonyl (C=O) groups excluding carboxylic acids is 2. The van der Waals surface area contributed by atoms with Gasteiger partial charge in [0, 0.05) is 11.1 Å². The van der Waals surface area contributed by atoms with Crippen LogP contribution in [0.25, 0.3) is 11.1 Å². The van der Waals surface area contributed by atoms with Crippen molar-refractivity contribution in [2.45, 2.75) is 0 Å². The first-order chi connectivity index (χ1) is 15.5. The average molecular weight is 424 g/mol. The molecule has 0 saturated heterocycles. The zero-order valence-electron chi connectivity index (χ0n) is 17.0. The number of hydroxylamine groups is 2. The molecule has 0 bridgehead atoms. The molecule has 6 heteroatoms. The molecular formula is C26H20N2O4. The molecule has 0 aliphatic heterocycles. The molecule has 0 saturated carbocycles. The summed E-state index contributed by atoms with van der Waals surface area (Å²) in [6.45, 7) is 0. The lowest BCUT2D eigenvalue weighted by atomic mass is 10.0. The molecule has 0 aliphatic rings. The topological polar surface area (TPSA) is 81.1 Å². The molecule has 2 amide bonds. The van der Waals surface area contributed by atoms with Crippen LogP contribution in [0.2, 0.25) is 0 Å². The number of benzene rings is 4. The van der Waals surface area contributed by atoms with Gasteiger partial charge in [-0.25, -0.2) is 0 Å². The Labute approximate surface area is 185 Å². The molecule has 0 radical (unpaired) electrons. The lowest BCUT2D eigenvalue weighted by Crippen LogP contribution is -2.26. The summed E-state index contributed by atoms with van der Waals surface area (Å²) in [7, 11) is 0. The van der Waals surface area contributed by atoms with E-state index in [1.807, 2.05) is 0 Å². The molecule has 0 fully saturated rings. The molecule has 0 unspecified atom stereocenters. The summed E-state index contributed by atoms with van der Waals surface area (Å²) in [6, 6.07) is 30.7. The Morgan fingerprint density at radius 3 is 1.09 bits per heavy atom. The third-order valence-corrected chi connectivity index (χ3v) is 4.98. The number of para-hydroxylation sites is 2. The van der Waals surface area contributed by atoms with Crippen LogP contribution < -0.4 is 10.1 Å². The highest BCUT2D eigenvalue weighted by Crippen LogP contribution is 2.23. The highest BCUT2D eigenvalue weighted by Gasteiger charge is 2.17. The third kappa shape index (κ3) is 4.41. The summed E-state index contributed by atoms with van der Waals surface area (Å²) in [5.41, 5.74) is 3.13. The van der Waals surface area contributed by atoms with Crippen LogP contribution in [0.5, 0.6) is 0 Å². The van der Waals surface area contributed by atoms with E-state index in [4.69, 9.17) is 0 Å². The van der Waals surface area contributed by atoms with E-state index in [9.17, 15) is 20.0 Å². The van der Waals surface area contributed by atoms with Gasteiger partial charge >= 0.3 is 0 Å². The maximum atomic E-state index is 12.5. The van der Waals surface area contributed by atoms with Crippen molar-refractivity contribution < 1.29 is 20.0 Å². The first-order valence-electron chi connectivity index (χ1n) is 9.92. The fourth-order valence-electron chi connectivity index (χ4n) is 3.23. The van der Waals surface area contributed by atoms with Crippen LogP contribution in [-0.4, -0.2) is 22.2 Å². The van der Waals surface area contributed by atoms with Crippen molar-refractivity contribution in [3.63, 3.8) is 0 Å². The zero-order chi connectivity index (χ0) is 22.5. The standard InChI is InChI=1S/C26H20N2O4/c29-25(27(31)23-7-3-1-4-8-23)21-15-11-19(12-16-21)20-13-17-22(18-14-20)26(30)28(32)24-9-5-2-6-10-24/h1-18,31-32H. The molecule has 0 aliphatic carbocycles. The van der Waals surface area contributed by atoms with E-state index in [2.05, 4.69) is 0 Å². The SMILES string of the molecule is O=C(c1ccc(-c2ccc(C(=O)N(O)c3ccccc3)cc2)cc1)N(O)c1ccccc1. The molecule has 0 aromatic heterocycles. The van der Waals surface area contributed by atoms with Crippen molar-refractivity contribution >= 4 is 23.2 Å². The lowest BCUT2D eigenvalue weighted by Gasteiger charge is -2.15. The monoisotopic (exact) mass is 424 g/mol. The summed E-state index contributed by atoms with van der Waals surface area (Å²) >= 11 is 0. The molecule has 2 N–H and O–H groups in total. The number of hydrogen-bond acceptors (Lipinski definition) is 4. The van der Waals surface area contributed by atoms with Crippen molar-refractivity contribution in [2.75, 3.05) is 10.1 Å². The minimum Gasteiger partial charge on any atom is -0.281 e. The Hall–Kier alpha value is -4.26. The number of carbonyl (C=O) groups is 2. The summed E-state index contributed by atoms with van der Waals surface area (Å²) in [6.07, 6.45) is 0. The van der Waals surface area contributed by atoms with Crippen molar-refractivity contribution in [2.24, 2.45) is 0 Å². The Balaban J connectivity index is 1.48. The van der Waals surface area contributed by atoms with Gasteiger partial charge in [0.2, 0.25) is 0 Å². The fraction of sp³-hybridized carbons (Fsp3) is 0. The van der Waals surface area contributed by atoms with E-state index in [0.717, 1.165) is 11.1 Å². The summed E-state index contributed by atoms with van der Waals surface area (Å²) in [4.78, 5) is 25.0. The number of rotatable bonds is 5. The van der Waals surface area contributed by atoms with E-state index in [1.165, 1.54) is 0 Å². The predicted octanol–water partition coefficient (Wildman–Crippen LogP) is 5.43. The Morgan fingerprint density at radius 1 is 0.469 bits per heavy atom. The number of anilines is 2. The predicted molar refractivity (Wildman–Crippen MR) is 122 cm³/mol. The molecule has 4 aromatic rings. The molecule has 0 atom stereocenters. The number of nitrogens with zero attached hydrogens (tertiary/aromatic N) is 2. The Bertz CT molecular complexity index is 1110. The van der Waals surface area contributed by atoms with Crippen LogP contribution in [0.3, 0.4) is 0 Å². The van der Waals surface area contributed by atoms with Crippen LogP contribution >= 0.6 is 0 Å². The van der Waals surface area contributed by atoms with E-state index in [-0.39, 0.29) is 0 Å². The Morgan fingerprint density at radius 2 is 0.781 bits per heavy atom. The first kappa shape index (κ1) is 21.0. The van der Waals surface area contributed by atoms with Crippen LogP contribution in [-0.2, 0) is 0 Å². The second-order valence-corrected chi connectivity index (χ2v) is 7.06. The second-order valence-electron chi connectivity index (χ2n) is 7.06. The molecule has 32 heavy (non-hydrogen) atoms. The van der Waals surface area contributed by atoms with Gasteiger partial charge in [-0.2, -0.15) is 10.1 Å². The van der Waals surface area contributed by atoms with Crippen LogP contribution in [0, 0.1) is 0 Å². The minimum absolute atomic E-state index is 0.339. The van der Waals surface area contributed by atoms with E-state index >= 15 is 0 Å². The zero-order valence-corrected chi connectivity index (χ0v) is 17.0. The van der Waals surface area contributed by atoms with Crippen LogP contribution in [0.4, 0.5) is 11.4 Å². The highest BCUT2D eigenvalue weighted by molar-refractivity contribution is 6.05. The normalized spacial score (nSPS) is 10.4. The first-order valence-corrected chi connectivity index (χ1v) is 9.92. The highest BCUT2D eigenvalue weighted by atomic mass is 16.5. The second kappa shape index (κ2) is 9.26. The van der Waals surface area contributed by atoms with Crippen LogP contribution in [0.1, 0.15) is 20.7 Å². The third-order valence-electron chi connectivity index (χ3n) is 4.98. The molecule has 0 heterocycles. The van der Waals surface area contributed by atoms with Crippen LogP contribution in [0.15, 0.2) is 109 Å². The maximum absolute atomic E-state index is 12.5. The van der Waals surface area contributed by atoms with E-state index in [1.54, 1.807) is 109 Å². The lowest BCUT2D eigenvalue weighted by molar-refractivity contribution is 0.0849. The molecule has 4 rings (SSSR count). The van der Waals surface area contributed by atoms with E-state index in [0.29, 0.717) is 32.6 Å². The van der Waals surface area contributed by atoms with Crippen molar-refractivity contribution in [3.05, 3.63) is 120 Å². The summed E-state index contributed by atoms with van der Waals surface area (Å²) < 4.78 is 0. The van der Waals surface area contributed by atoms with Gasteiger partial charge in [-0.15, -0.1) is 0 Å². The van der Waals surface area contributed by atoms with Crippen molar-refractivity contribution in [1.82, 2.24) is 0 Å². The van der Waals surface area contributed by atoms with Gasteiger partial charge in [-0.05, 0) is 59.7 Å². The molecule has 4 aromatic carbocycles. The molecule has 158 valence electrons. The Kier molecular flexibility index (Phi) is 6.07. The van der Waals surface area contributed by atoms with Gasteiger partial charge in [0.25, 0.3) is 11.8 Å². The van der Waals surface area contributed by atoms with Gasteiger partial charge in [-0.3, -0.25) is 20.0 Å². The number of hydrogen-bond donors (Lipinski definition) is 2. The minimum atomic E-state index is -0.535. The molecule has 0 spiro atoms. The number of amides is 2. The van der Waals surface area contributed by atoms with Crippen molar-refractivity contribution in [3.8, 4) is 11.1 Å². The van der Waals surface area contributed by atoms with Gasteiger partial charge in [-0.1, -0.05) is 60.7 Å². The van der Waals surface area contributed by atoms with E-state index < -0.39 is 11.8 Å². The molecule has 6 nitrogen and oxygen atoms in total. The van der Waals surface area contributed by atoms with Gasteiger partial charge in [0.1, 0.15) is 0 Å². The summed E-state index contributed by atoms with van der Waals surface area (Å²) in [5, 5.41) is 21.6. The maximum Gasteiger partial charge on any atom is 0.281 e. The summed E-state index contributed by atoms with van der Waals surface area (Å²) in [5.74, 6) is -1.07.